The normalized spacial score (nSPS) is 22.1. The summed E-state index contributed by atoms with van der Waals surface area (Å²) in [6, 6.07) is 0. The predicted molar refractivity (Wildman–Crippen MR) is 200 cm³/mol. The number of amides is 2. The first kappa shape index (κ1) is 48.9. The number of nitrogens with two attached hydrogens (primary N) is 1. The molecule has 2 aromatic heterocycles. The van der Waals surface area contributed by atoms with Gasteiger partial charge in [-0.25, -0.2) is 28.6 Å². The number of phosphoric acid groups is 3. The van der Waals surface area contributed by atoms with Crippen molar-refractivity contribution in [1.29, 1.82) is 0 Å². The van der Waals surface area contributed by atoms with Gasteiger partial charge < -0.3 is 50.9 Å². The fourth-order valence-corrected chi connectivity index (χ4v) is 8.72. The summed E-state index contributed by atoms with van der Waals surface area (Å²) < 4.78 is 62.1. The van der Waals surface area contributed by atoms with E-state index in [0.717, 1.165) is 48.2 Å². The number of phosphoric ester groups is 3. The quantitative estimate of drug-likeness (QED) is 0.0521. The number of aliphatic hydroxyl groups is 2. The maximum atomic E-state index is 12.7. The smallest absolute Gasteiger partial charge is 0.386 e. The summed E-state index contributed by atoms with van der Waals surface area (Å²) in [5.41, 5.74) is 4.27. The Morgan fingerprint density at radius 3 is 2.40 bits per heavy atom. The molecule has 24 nitrogen and oxygen atoms in total. The molecule has 1 saturated heterocycles. The average Bonchev–Trinajstić information content (AvgIpc) is 3.68. The molecule has 0 saturated carbocycles. The Morgan fingerprint density at radius 2 is 1.74 bits per heavy atom. The summed E-state index contributed by atoms with van der Waals surface area (Å²) in [6.07, 6.45) is -3.58. The number of fused-ring (bicyclic) bond motifs is 1. The van der Waals surface area contributed by atoms with E-state index in [2.05, 4.69) is 48.3 Å². The zero-order valence-corrected chi connectivity index (χ0v) is 35.0. The summed E-state index contributed by atoms with van der Waals surface area (Å²) in [6.45, 7) is 4.78. The number of nitrogen functional groups attached to an aromatic ring is 1. The third-order valence-electron chi connectivity index (χ3n) is 8.54. The van der Waals surface area contributed by atoms with Crippen molar-refractivity contribution in [1.82, 2.24) is 30.2 Å². The maximum absolute atomic E-state index is 12.7. The number of rotatable bonds is 24. The fourth-order valence-electron chi connectivity index (χ4n) is 5.17. The first-order valence-corrected chi connectivity index (χ1v) is 23.0. The SMILES string of the molecule is CCC(C)CCCC(=O)SCCNC(=O)CCNC(=O)C(O)C(C)(C)COP(=O)(O)OP(=O)(O)OCC1OC(n2cnc3c(N)ncnc32)C(O)C1OP(=O)(O)O. The lowest BCUT2D eigenvalue weighted by molar-refractivity contribution is -0.137. The number of aromatic nitrogens is 4. The van der Waals surface area contributed by atoms with Gasteiger partial charge in [-0.3, -0.25) is 32.5 Å². The molecule has 1 aliphatic rings. The molecule has 3 heterocycles. The third kappa shape index (κ3) is 15.6. The number of nitrogens with zero attached hydrogens (tertiary/aromatic N) is 4. The molecule has 1 aliphatic heterocycles. The second-order valence-electron chi connectivity index (χ2n) is 13.7. The minimum absolute atomic E-state index is 0.0321. The fraction of sp³-hybridized carbons (Fsp3) is 0.724. The first-order chi connectivity index (χ1) is 26.4. The van der Waals surface area contributed by atoms with E-state index in [1.807, 2.05) is 0 Å². The van der Waals surface area contributed by atoms with Crippen LogP contribution in [0.2, 0.25) is 0 Å². The van der Waals surface area contributed by atoms with E-state index in [1.165, 1.54) is 13.8 Å². The van der Waals surface area contributed by atoms with Crippen molar-refractivity contribution in [2.75, 3.05) is 37.8 Å². The highest BCUT2D eigenvalue weighted by atomic mass is 32.2. The Bertz CT molecular complexity index is 1830. The van der Waals surface area contributed by atoms with E-state index in [-0.39, 0.29) is 41.6 Å². The Morgan fingerprint density at radius 1 is 1.05 bits per heavy atom. The number of thioether (sulfide) groups is 1. The Labute approximate surface area is 331 Å². The van der Waals surface area contributed by atoms with Gasteiger partial charge in [-0.2, -0.15) is 4.31 Å². The molecule has 28 heteroatoms. The van der Waals surface area contributed by atoms with Crippen LogP contribution in [0.1, 0.15) is 66.0 Å². The highest BCUT2D eigenvalue weighted by Crippen LogP contribution is 2.61. The summed E-state index contributed by atoms with van der Waals surface area (Å²) >= 11 is 1.13. The van der Waals surface area contributed by atoms with Gasteiger partial charge in [0.15, 0.2) is 22.8 Å². The number of imidazole rings is 1. The molecular formula is C29H50N7O17P3S. The predicted octanol–water partition coefficient (Wildman–Crippen LogP) is 0.881. The van der Waals surface area contributed by atoms with Crippen LogP contribution in [0, 0.1) is 11.3 Å². The number of hydrogen-bond donors (Lipinski definition) is 9. The first-order valence-electron chi connectivity index (χ1n) is 17.5. The van der Waals surface area contributed by atoms with Crippen molar-refractivity contribution in [3.05, 3.63) is 12.7 Å². The van der Waals surface area contributed by atoms with E-state index in [0.29, 0.717) is 18.1 Å². The summed E-state index contributed by atoms with van der Waals surface area (Å²) in [5, 5.41) is 26.5. The molecule has 57 heavy (non-hydrogen) atoms. The molecular weight excluding hydrogens is 843 g/mol. The summed E-state index contributed by atoms with van der Waals surface area (Å²) in [5.74, 6) is -0.482. The molecule has 0 bridgehead atoms. The highest BCUT2D eigenvalue weighted by Gasteiger charge is 2.50. The molecule has 0 aromatic carbocycles. The summed E-state index contributed by atoms with van der Waals surface area (Å²) in [4.78, 5) is 87.6. The van der Waals surface area contributed by atoms with E-state index in [1.54, 1.807) is 0 Å². The van der Waals surface area contributed by atoms with Crippen molar-refractivity contribution in [3.63, 3.8) is 0 Å². The number of ether oxygens (including phenoxy) is 1. The van der Waals surface area contributed by atoms with E-state index < -0.39 is 84.6 Å². The third-order valence-corrected chi connectivity index (χ3v) is 12.6. The zero-order chi connectivity index (χ0) is 42.8. The van der Waals surface area contributed by atoms with Crippen LogP contribution in [0.15, 0.2) is 12.7 Å². The molecule has 10 N–H and O–H groups in total. The van der Waals surface area contributed by atoms with Gasteiger partial charge in [-0.1, -0.05) is 52.3 Å². The van der Waals surface area contributed by atoms with Gasteiger partial charge in [-0.05, 0) is 12.3 Å². The van der Waals surface area contributed by atoms with Crippen LogP contribution in [-0.2, 0) is 50.7 Å². The molecule has 0 aliphatic carbocycles. The Kier molecular flexibility index (Phi) is 18.2. The molecule has 0 spiro atoms. The number of carbonyl (C=O) groups excluding carboxylic acids is 3. The van der Waals surface area contributed by atoms with Crippen LogP contribution in [0.3, 0.4) is 0 Å². The van der Waals surface area contributed by atoms with Gasteiger partial charge in [-0.15, -0.1) is 0 Å². The lowest BCUT2D eigenvalue weighted by Crippen LogP contribution is -2.46. The van der Waals surface area contributed by atoms with Gasteiger partial charge in [0.05, 0.1) is 19.5 Å². The number of nitrogens with one attached hydrogen (secondary N) is 2. The molecule has 0 radical (unpaired) electrons. The molecule has 2 aromatic rings. The Balaban J connectivity index is 1.46. The number of anilines is 1. The second kappa shape index (κ2) is 21.2. The maximum Gasteiger partial charge on any atom is 0.481 e. The van der Waals surface area contributed by atoms with Gasteiger partial charge in [0.1, 0.15) is 36.3 Å². The van der Waals surface area contributed by atoms with Gasteiger partial charge in [0, 0.05) is 37.1 Å². The minimum Gasteiger partial charge on any atom is -0.386 e. The molecule has 8 atom stereocenters. The van der Waals surface area contributed by atoms with Crippen LogP contribution in [0.4, 0.5) is 5.82 Å². The number of carbonyl (C=O) groups is 3. The number of hydrogen-bond acceptors (Lipinski definition) is 18. The second-order valence-corrected chi connectivity index (χ2v) is 19.1. The van der Waals surface area contributed by atoms with E-state index in [4.69, 9.17) is 19.5 Å². The van der Waals surface area contributed by atoms with Gasteiger partial charge in [0.25, 0.3) is 0 Å². The highest BCUT2D eigenvalue weighted by molar-refractivity contribution is 8.13. The van der Waals surface area contributed by atoms with Crippen molar-refractivity contribution in [3.8, 4) is 0 Å². The number of aliphatic hydroxyl groups excluding tert-OH is 2. The monoisotopic (exact) mass is 893 g/mol. The topological polar surface area (TPSA) is 364 Å². The molecule has 3 rings (SSSR count). The van der Waals surface area contributed by atoms with Crippen molar-refractivity contribution < 1.29 is 80.5 Å². The van der Waals surface area contributed by atoms with Crippen molar-refractivity contribution >= 4 is 69.1 Å². The van der Waals surface area contributed by atoms with Crippen LogP contribution >= 0.6 is 35.2 Å². The lowest BCUT2D eigenvalue weighted by Gasteiger charge is -2.30. The summed E-state index contributed by atoms with van der Waals surface area (Å²) in [7, 11) is -16.4. The van der Waals surface area contributed by atoms with E-state index in [9.17, 15) is 57.9 Å². The van der Waals surface area contributed by atoms with Crippen LogP contribution < -0.4 is 16.4 Å². The van der Waals surface area contributed by atoms with Gasteiger partial charge in [0.2, 0.25) is 11.8 Å². The minimum atomic E-state index is -5.57. The van der Waals surface area contributed by atoms with Crippen molar-refractivity contribution in [2.24, 2.45) is 11.3 Å². The van der Waals surface area contributed by atoms with Crippen LogP contribution in [0.5, 0.6) is 0 Å². The lowest BCUT2D eigenvalue weighted by atomic mass is 9.87. The van der Waals surface area contributed by atoms with Crippen LogP contribution in [0.25, 0.3) is 11.2 Å². The standard InChI is InChI=1S/C29H50N7O17P3S/c1-5-17(2)7-6-8-20(38)57-12-11-31-19(37)9-10-32-27(41)24(40)29(3,4)14-50-56(47,48)53-55(45,46)49-13-18-23(52-54(42,43)44)22(39)28(51-18)36-16-35-21-25(30)33-15-34-26(21)36/h15-18,22-24,28,39-40H,5-14H2,1-4H3,(H,31,37)(H,32,41)(H,45,46)(H,47,48)(H2,30,33,34)(H2,42,43,44). The molecule has 2 amide bonds. The largest absolute Gasteiger partial charge is 0.481 e. The molecule has 8 unspecified atom stereocenters. The Hall–Kier alpha value is -2.44. The average molecular weight is 894 g/mol. The van der Waals surface area contributed by atoms with Gasteiger partial charge >= 0.3 is 23.5 Å². The molecule has 1 fully saturated rings. The van der Waals surface area contributed by atoms with Crippen molar-refractivity contribution in [2.45, 2.75) is 90.4 Å². The zero-order valence-electron chi connectivity index (χ0n) is 31.5. The van der Waals surface area contributed by atoms with Crippen LogP contribution in [-0.4, -0.2) is 123 Å². The van der Waals surface area contributed by atoms with E-state index >= 15 is 0 Å². The molecule has 324 valence electrons.